The lowest BCUT2D eigenvalue weighted by Crippen LogP contribution is -2.10. The van der Waals surface area contributed by atoms with Gasteiger partial charge in [0.2, 0.25) is 0 Å². The summed E-state index contributed by atoms with van der Waals surface area (Å²) >= 11 is 3.10. The topological polar surface area (TPSA) is 39.2 Å². The highest BCUT2D eigenvalue weighted by Gasteiger charge is 2.19. The molecular formula is C10H10BrF2NO2. The predicted molar refractivity (Wildman–Crippen MR) is 57.6 cm³/mol. The Kier molecular flexibility index (Phi) is 4.35. The summed E-state index contributed by atoms with van der Waals surface area (Å²) in [5, 5.41) is 0. The molecule has 1 rings (SSSR count). The van der Waals surface area contributed by atoms with E-state index in [0.29, 0.717) is 10.0 Å². The lowest BCUT2D eigenvalue weighted by Gasteiger charge is -2.08. The van der Waals surface area contributed by atoms with Crippen molar-refractivity contribution >= 4 is 21.9 Å². The predicted octanol–water partition coefficient (Wildman–Crippen LogP) is 3.27. The van der Waals surface area contributed by atoms with Crippen LogP contribution in [0, 0.1) is 6.92 Å². The Morgan fingerprint density at radius 3 is 2.75 bits per heavy atom. The van der Waals surface area contributed by atoms with Gasteiger partial charge in [0, 0.05) is 4.47 Å². The molecule has 0 N–H and O–H groups in total. The van der Waals surface area contributed by atoms with Crippen LogP contribution in [0.4, 0.5) is 8.78 Å². The smallest absolute Gasteiger partial charge is 0.356 e. The molecule has 0 saturated heterocycles. The molecule has 0 aliphatic carbocycles. The molecule has 0 bridgehead atoms. The number of esters is 1. The van der Waals surface area contributed by atoms with Gasteiger partial charge in [0.1, 0.15) is 11.4 Å². The first-order valence-electron chi connectivity index (χ1n) is 4.59. The van der Waals surface area contributed by atoms with Crippen LogP contribution in [0.15, 0.2) is 10.5 Å². The number of ether oxygens (including phenoxy) is 1. The molecule has 6 heteroatoms. The maximum Gasteiger partial charge on any atom is 0.356 e. The zero-order valence-corrected chi connectivity index (χ0v) is 10.3. The number of pyridine rings is 1. The molecule has 16 heavy (non-hydrogen) atoms. The van der Waals surface area contributed by atoms with E-state index < -0.39 is 18.1 Å². The van der Waals surface area contributed by atoms with E-state index in [1.165, 1.54) is 13.0 Å². The maximum atomic E-state index is 12.6. The van der Waals surface area contributed by atoms with Gasteiger partial charge in [0.05, 0.1) is 6.61 Å². The van der Waals surface area contributed by atoms with E-state index in [1.54, 1.807) is 6.92 Å². The number of halogens is 3. The molecular weight excluding hydrogens is 284 g/mol. The minimum absolute atomic E-state index is 0.116. The number of aromatic nitrogens is 1. The van der Waals surface area contributed by atoms with Crippen LogP contribution in [0.5, 0.6) is 0 Å². The molecule has 0 atom stereocenters. The number of alkyl halides is 2. The van der Waals surface area contributed by atoms with Gasteiger partial charge in [-0.3, -0.25) is 0 Å². The molecule has 3 nitrogen and oxygen atoms in total. The maximum absolute atomic E-state index is 12.6. The van der Waals surface area contributed by atoms with Gasteiger partial charge in [-0.2, -0.15) is 0 Å². The minimum Gasteiger partial charge on any atom is -0.461 e. The van der Waals surface area contributed by atoms with Gasteiger partial charge in [-0.15, -0.1) is 0 Å². The second-order valence-electron chi connectivity index (χ2n) is 3.02. The normalized spacial score (nSPS) is 10.6. The monoisotopic (exact) mass is 293 g/mol. The molecule has 0 fully saturated rings. The van der Waals surface area contributed by atoms with Crippen molar-refractivity contribution in [3.8, 4) is 0 Å². The second-order valence-corrected chi connectivity index (χ2v) is 3.88. The first kappa shape index (κ1) is 13.0. The number of carbonyl (C=O) groups excluding carboxylic acids is 1. The Morgan fingerprint density at radius 2 is 2.25 bits per heavy atom. The van der Waals surface area contributed by atoms with E-state index in [9.17, 15) is 13.6 Å². The fourth-order valence-corrected chi connectivity index (χ4v) is 1.54. The third-order valence-electron chi connectivity index (χ3n) is 1.94. The molecule has 0 radical (unpaired) electrons. The zero-order valence-electron chi connectivity index (χ0n) is 8.76. The summed E-state index contributed by atoms with van der Waals surface area (Å²) in [5.74, 6) is -0.704. The lowest BCUT2D eigenvalue weighted by molar-refractivity contribution is 0.0517. The summed E-state index contributed by atoms with van der Waals surface area (Å²) in [5.41, 5.74) is -0.199. The van der Waals surface area contributed by atoms with Crippen molar-refractivity contribution in [1.29, 1.82) is 0 Å². The molecule has 0 aromatic carbocycles. The number of rotatable bonds is 3. The Labute approximate surface area is 99.9 Å². The van der Waals surface area contributed by atoms with E-state index in [0.717, 1.165) is 0 Å². The van der Waals surface area contributed by atoms with E-state index in [1.807, 2.05) is 0 Å². The first-order chi connectivity index (χ1) is 7.47. The minimum atomic E-state index is -2.72. The van der Waals surface area contributed by atoms with Crippen molar-refractivity contribution in [2.45, 2.75) is 20.3 Å². The highest BCUT2D eigenvalue weighted by molar-refractivity contribution is 9.10. The van der Waals surface area contributed by atoms with Crippen LogP contribution in [0.3, 0.4) is 0 Å². The van der Waals surface area contributed by atoms with Gasteiger partial charge >= 0.3 is 5.97 Å². The number of carbonyl (C=O) groups is 1. The molecule has 0 aliphatic heterocycles. The number of nitrogens with zero attached hydrogens (tertiary/aromatic N) is 1. The Bertz CT molecular complexity index is 410. The second kappa shape index (κ2) is 5.34. The summed E-state index contributed by atoms with van der Waals surface area (Å²) < 4.78 is 30.3. The van der Waals surface area contributed by atoms with Crippen molar-refractivity contribution in [2.24, 2.45) is 0 Å². The van der Waals surface area contributed by atoms with Gasteiger partial charge in [-0.1, -0.05) is 15.9 Å². The van der Waals surface area contributed by atoms with Crippen molar-refractivity contribution < 1.29 is 18.3 Å². The van der Waals surface area contributed by atoms with E-state index >= 15 is 0 Å². The standard InChI is InChI=1S/C10H10BrF2NO2/c1-3-16-10(15)7-4-6(11)5(2)8(14-7)9(12)13/h4,9H,3H2,1-2H3. The highest BCUT2D eigenvalue weighted by atomic mass is 79.9. The Morgan fingerprint density at radius 1 is 1.62 bits per heavy atom. The van der Waals surface area contributed by atoms with E-state index in [4.69, 9.17) is 4.74 Å². The van der Waals surface area contributed by atoms with Crippen LogP contribution in [0.2, 0.25) is 0 Å². The summed E-state index contributed by atoms with van der Waals surface area (Å²) in [6, 6.07) is 1.37. The third-order valence-corrected chi connectivity index (χ3v) is 2.76. The molecule has 0 amide bonds. The molecule has 0 saturated carbocycles. The van der Waals surface area contributed by atoms with Gasteiger partial charge in [-0.25, -0.2) is 18.6 Å². The average molecular weight is 294 g/mol. The number of hydrogen-bond donors (Lipinski definition) is 0. The molecule has 0 spiro atoms. The van der Waals surface area contributed by atoms with Crippen LogP contribution < -0.4 is 0 Å². The van der Waals surface area contributed by atoms with Gasteiger partial charge in [-0.05, 0) is 25.5 Å². The molecule has 0 unspecified atom stereocenters. The zero-order chi connectivity index (χ0) is 12.3. The molecule has 1 heterocycles. The molecule has 1 aromatic rings. The molecule has 1 aromatic heterocycles. The van der Waals surface area contributed by atoms with Crippen molar-refractivity contribution in [3.05, 3.63) is 27.5 Å². The van der Waals surface area contributed by atoms with Crippen molar-refractivity contribution in [1.82, 2.24) is 4.98 Å². The summed E-state index contributed by atoms with van der Waals surface area (Å²) in [7, 11) is 0. The SMILES string of the molecule is CCOC(=O)c1cc(Br)c(C)c(C(F)F)n1. The highest BCUT2D eigenvalue weighted by Crippen LogP contribution is 2.27. The fraction of sp³-hybridized carbons (Fsp3) is 0.400. The van der Waals surface area contributed by atoms with Gasteiger partial charge in [0.15, 0.2) is 0 Å². The quantitative estimate of drug-likeness (QED) is 0.803. The lowest BCUT2D eigenvalue weighted by atomic mass is 10.2. The Hall–Kier alpha value is -1.04. The van der Waals surface area contributed by atoms with Crippen LogP contribution in [0.25, 0.3) is 0 Å². The third kappa shape index (κ3) is 2.75. The van der Waals surface area contributed by atoms with E-state index in [-0.39, 0.29) is 12.3 Å². The summed E-state index contributed by atoms with van der Waals surface area (Å²) in [4.78, 5) is 14.9. The summed E-state index contributed by atoms with van der Waals surface area (Å²) in [6.07, 6.45) is -2.72. The first-order valence-corrected chi connectivity index (χ1v) is 5.39. The Balaban J connectivity index is 3.18. The van der Waals surface area contributed by atoms with E-state index in [2.05, 4.69) is 20.9 Å². The van der Waals surface area contributed by atoms with Crippen LogP contribution >= 0.6 is 15.9 Å². The van der Waals surface area contributed by atoms with Crippen molar-refractivity contribution in [3.63, 3.8) is 0 Å². The van der Waals surface area contributed by atoms with Crippen LogP contribution in [-0.2, 0) is 4.74 Å². The van der Waals surface area contributed by atoms with Crippen LogP contribution in [-0.4, -0.2) is 17.6 Å². The molecule has 0 aliphatic rings. The largest absolute Gasteiger partial charge is 0.461 e. The average Bonchev–Trinajstić information content (AvgIpc) is 2.21. The number of hydrogen-bond acceptors (Lipinski definition) is 3. The fourth-order valence-electron chi connectivity index (χ4n) is 1.12. The van der Waals surface area contributed by atoms with Gasteiger partial charge < -0.3 is 4.74 Å². The van der Waals surface area contributed by atoms with Crippen molar-refractivity contribution in [2.75, 3.05) is 6.61 Å². The molecule has 88 valence electrons. The summed E-state index contributed by atoms with van der Waals surface area (Å²) in [6.45, 7) is 3.32. The van der Waals surface area contributed by atoms with Crippen LogP contribution in [0.1, 0.15) is 35.1 Å². The van der Waals surface area contributed by atoms with Gasteiger partial charge in [0.25, 0.3) is 6.43 Å².